The Labute approximate surface area is 346 Å². The van der Waals surface area contributed by atoms with Crippen LogP contribution in [0.1, 0.15) is 81.1 Å². The number of ether oxygens (including phenoxy) is 4. The van der Waals surface area contributed by atoms with Crippen LogP contribution in [0.15, 0.2) is 0 Å². The van der Waals surface area contributed by atoms with Crippen molar-refractivity contribution in [2.24, 2.45) is 23.7 Å². The third-order valence-corrected chi connectivity index (χ3v) is 18.1. The van der Waals surface area contributed by atoms with Crippen LogP contribution in [0.25, 0.3) is 0 Å². The van der Waals surface area contributed by atoms with E-state index in [-0.39, 0.29) is 96.9 Å². The van der Waals surface area contributed by atoms with Crippen LogP contribution in [0.3, 0.4) is 0 Å². The zero-order valence-electron chi connectivity index (χ0n) is 38.9. The average molecular weight is 873 g/mol. The maximum Gasteiger partial charge on any atom is 0.0852 e. The van der Waals surface area contributed by atoms with Gasteiger partial charge in [0.05, 0.1) is 73.2 Å². The van der Waals surface area contributed by atoms with Crippen LogP contribution in [0.2, 0.25) is 0 Å². The first-order valence-electron chi connectivity index (χ1n) is 21.3. The lowest BCUT2D eigenvalue weighted by molar-refractivity contribution is 0.0150. The van der Waals surface area contributed by atoms with Crippen LogP contribution in [0.5, 0.6) is 0 Å². The average Bonchev–Trinajstić information content (AvgIpc) is 3.66. The van der Waals surface area contributed by atoms with Crippen LogP contribution in [0.4, 0.5) is 0 Å². The van der Waals surface area contributed by atoms with Gasteiger partial charge in [0.15, 0.2) is 0 Å². The Morgan fingerprint density at radius 2 is 0.482 bits per heavy atom. The Balaban J connectivity index is 0.000000373. The van der Waals surface area contributed by atoms with Crippen molar-refractivity contribution in [3.63, 3.8) is 0 Å². The van der Waals surface area contributed by atoms with Crippen LogP contribution >= 0.6 is 27.5 Å². The fourth-order valence-corrected chi connectivity index (χ4v) is 11.1. The molecule has 0 unspecified atom stereocenters. The molecular weight excluding hydrogens is 780 g/mol. The van der Waals surface area contributed by atoms with Gasteiger partial charge in [-0.15, -0.1) is 52.7 Å². The quantitative estimate of drug-likeness (QED) is 0.149. The molecule has 4 N–H and O–H groups in total. The van der Waals surface area contributed by atoms with E-state index in [1.807, 2.05) is 27.7 Å². The van der Waals surface area contributed by atoms with E-state index in [0.29, 0.717) is 0 Å². The predicted octanol–water partition coefficient (Wildman–Crippen LogP) is 7.48. The second-order valence-electron chi connectivity index (χ2n) is 20.7. The van der Waals surface area contributed by atoms with Gasteiger partial charge in [-0.05, 0) is 131 Å². The molecule has 8 nitrogen and oxygen atoms in total. The maximum atomic E-state index is 9.89. The Kier molecular flexibility index (Phi) is 22.9. The SMILES string of the molecule is C=P(C)(C)CC[C@H]1O[C@@H](C)[C@H](C)[C@@H]1O.C=P(C)(C)CC[C@H]1O[C@@H](C)[C@H](C)[C@@H]1O.C=P(C)(C)CC[C@H]1O[C@@H](C)[C@H](C)[C@@H]1O.C=P(C)(C)CC[C@H]1O[C@@H](C)[C@H](C)[C@@H]1O. The number of aliphatic hydroxyl groups excluding tert-OH is 4. The Hall–Kier alpha value is 0.880. The molecule has 4 aliphatic rings. The van der Waals surface area contributed by atoms with Crippen molar-refractivity contribution in [1.82, 2.24) is 0 Å². The van der Waals surface area contributed by atoms with E-state index in [0.717, 1.165) is 50.3 Å². The molecule has 0 aromatic rings. The van der Waals surface area contributed by atoms with Gasteiger partial charge >= 0.3 is 0 Å². The molecule has 0 aromatic carbocycles. The number of hydrogen-bond acceptors (Lipinski definition) is 8. The van der Waals surface area contributed by atoms with Crippen molar-refractivity contribution in [3.05, 3.63) is 0 Å². The molecule has 4 fully saturated rings. The van der Waals surface area contributed by atoms with Crippen molar-refractivity contribution >= 4 is 52.7 Å². The molecule has 4 saturated heterocycles. The van der Waals surface area contributed by atoms with Gasteiger partial charge in [-0.25, -0.2) is 0 Å². The van der Waals surface area contributed by atoms with Gasteiger partial charge in [0, 0.05) is 23.7 Å². The summed E-state index contributed by atoms with van der Waals surface area (Å²) in [7, 11) is 0. The topological polar surface area (TPSA) is 118 Å². The highest BCUT2D eigenvalue weighted by Crippen LogP contribution is 2.41. The van der Waals surface area contributed by atoms with Crippen LogP contribution in [-0.4, -0.2) is 197 Å². The van der Waals surface area contributed by atoms with Crippen molar-refractivity contribution in [2.75, 3.05) is 78.0 Å². The van der Waals surface area contributed by atoms with Crippen molar-refractivity contribution in [1.29, 1.82) is 0 Å². The first kappa shape index (κ1) is 54.9. The lowest BCUT2D eigenvalue weighted by atomic mass is 9.98. The Morgan fingerprint density at radius 3 is 0.571 bits per heavy atom. The van der Waals surface area contributed by atoms with Gasteiger partial charge in [0.1, 0.15) is 0 Å². The highest BCUT2D eigenvalue weighted by Gasteiger charge is 2.40. The van der Waals surface area contributed by atoms with Gasteiger partial charge in [0.2, 0.25) is 0 Å². The molecule has 0 radical (unpaired) electrons. The minimum Gasteiger partial charge on any atom is -0.390 e. The molecule has 4 heterocycles. The fraction of sp³-hybridized carbons (Fsp3) is 0.909. The van der Waals surface area contributed by atoms with E-state index in [9.17, 15) is 20.4 Å². The van der Waals surface area contributed by atoms with Gasteiger partial charge in [-0.1, -0.05) is 27.7 Å². The smallest absolute Gasteiger partial charge is 0.0852 e. The second-order valence-corrected chi connectivity index (χ2v) is 38.0. The second kappa shape index (κ2) is 23.4. The summed E-state index contributed by atoms with van der Waals surface area (Å²) in [4.78, 5) is 0. The minimum atomic E-state index is -0.975. The predicted molar refractivity (Wildman–Crippen MR) is 260 cm³/mol. The molecule has 336 valence electrons. The summed E-state index contributed by atoms with van der Waals surface area (Å²) in [6, 6.07) is 0. The summed E-state index contributed by atoms with van der Waals surface area (Å²) in [6.45, 7) is 30.3. The molecule has 0 saturated carbocycles. The molecular formula is C44H92O8P4. The molecule has 0 bridgehead atoms. The van der Waals surface area contributed by atoms with E-state index in [2.05, 4.69) is 106 Å². The van der Waals surface area contributed by atoms with E-state index >= 15 is 0 Å². The zero-order chi connectivity index (χ0) is 43.7. The summed E-state index contributed by atoms with van der Waals surface area (Å²) in [5.74, 6) is 1.08. The summed E-state index contributed by atoms with van der Waals surface area (Å²) >= 11 is 0. The van der Waals surface area contributed by atoms with E-state index in [1.54, 1.807) is 0 Å². The molecule has 4 aliphatic heterocycles. The van der Waals surface area contributed by atoms with E-state index in [1.165, 1.54) is 0 Å². The highest BCUT2D eigenvalue weighted by molar-refractivity contribution is 7.73. The number of aliphatic hydroxyl groups is 4. The molecule has 56 heavy (non-hydrogen) atoms. The van der Waals surface area contributed by atoms with Crippen LogP contribution in [-0.2, 0) is 18.9 Å². The molecule has 16 atom stereocenters. The Bertz CT molecular complexity index is 1130. The van der Waals surface area contributed by atoms with Crippen molar-refractivity contribution in [2.45, 2.75) is 154 Å². The first-order valence-corrected chi connectivity index (χ1v) is 33.5. The zero-order valence-corrected chi connectivity index (χ0v) is 42.5. The third kappa shape index (κ3) is 20.2. The van der Waals surface area contributed by atoms with Crippen LogP contribution < -0.4 is 0 Å². The molecule has 0 aliphatic carbocycles. The maximum absolute atomic E-state index is 9.89. The largest absolute Gasteiger partial charge is 0.390 e. The summed E-state index contributed by atoms with van der Waals surface area (Å²) in [6.07, 6.45) is 24.8. The lowest BCUT2D eigenvalue weighted by Crippen LogP contribution is -2.26. The summed E-state index contributed by atoms with van der Waals surface area (Å²) in [5.41, 5.74) is 0. The lowest BCUT2D eigenvalue weighted by Gasteiger charge is -2.18. The molecule has 0 aromatic heterocycles. The van der Waals surface area contributed by atoms with E-state index < -0.39 is 27.5 Å². The monoisotopic (exact) mass is 873 g/mol. The number of hydrogen-bond donors (Lipinski definition) is 4. The Morgan fingerprint density at radius 1 is 0.339 bits per heavy atom. The molecule has 0 spiro atoms. The standard InChI is InChI=1S/4C11H23O2P/c4*1-8-9(2)13-10(11(8)12)6-7-14(3,4)5/h4*8-12H,3,6-7H2,1-2,4-5H3/t4*8-,9-,10+,11-/m0000/s1. The fourth-order valence-electron chi connectivity index (χ4n) is 7.25. The number of rotatable bonds is 12. The third-order valence-electron chi connectivity index (χ3n) is 12.3. The van der Waals surface area contributed by atoms with Gasteiger partial charge in [-0.2, -0.15) is 0 Å². The van der Waals surface area contributed by atoms with Crippen LogP contribution in [0, 0.1) is 23.7 Å². The van der Waals surface area contributed by atoms with Crippen molar-refractivity contribution in [3.8, 4) is 0 Å². The summed E-state index contributed by atoms with van der Waals surface area (Å²) < 4.78 is 22.9. The molecule has 4 rings (SSSR count). The minimum absolute atomic E-state index is 0.0426. The van der Waals surface area contributed by atoms with Gasteiger partial charge in [-0.3, -0.25) is 0 Å². The summed E-state index contributed by atoms with van der Waals surface area (Å²) in [5, 5.41) is 39.6. The molecule has 0 amide bonds. The van der Waals surface area contributed by atoms with Gasteiger partial charge in [0.25, 0.3) is 0 Å². The normalized spacial score (nSPS) is 38.9. The van der Waals surface area contributed by atoms with E-state index in [4.69, 9.17) is 18.9 Å². The molecule has 12 heteroatoms. The van der Waals surface area contributed by atoms with Gasteiger partial charge < -0.3 is 39.4 Å². The first-order chi connectivity index (χ1) is 25.2. The highest BCUT2D eigenvalue weighted by atomic mass is 31.2. The van der Waals surface area contributed by atoms with Crippen molar-refractivity contribution < 1.29 is 39.4 Å².